The van der Waals surface area contributed by atoms with E-state index in [1.165, 1.54) is 10.6 Å². The molecule has 1 saturated heterocycles. The highest BCUT2D eigenvalue weighted by Gasteiger charge is 2.28. The van der Waals surface area contributed by atoms with E-state index in [0.29, 0.717) is 32.5 Å². The summed E-state index contributed by atoms with van der Waals surface area (Å²) in [5.41, 5.74) is 1.94. The van der Waals surface area contributed by atoms with Gasteiger partial charge >= 0.3 is 0 Å². The van der Waals surface area contributed by atoms with Crippen molar-refractivity contribution in [3.8, 4) is 0 Å². The highest BCUT2D eigenvalue weighted by Crippen LogP contribution is 2.20. The van der Waals surface area contributed by atoms with E-state index >= 15 is 0 Å². The molecule has 1 aromatic carbocycles. The number of hydrogen-bond donors (Lipinski definition) is 1. The standard InChI is InChI=1S/C16H22N4O3S/c1-19-14-6-4-3-5-13(14)18-15(19)11-17-16(21)12-7-9-20(10-8-12)24(2,22)23/h3-6,12H,7-11H2,1-2H3,(H,17,21). The first kappa shape index (κ1) is 16.9. The van der Waals surface area contributed by atoms with Gasteiger partial charge in [0.05, 0.1) is 23.8 Å². The fourth-order valence-electron chi connectivity index (χ4n) is 3.11. The Labute approximate surface area is 141 Å². The fraction of sp³-hybridized carbons (Fsp3) is 0.500. The molecule has 0 unspecified atom stereocenters. The van der Waals surface area contributed by atoms with Gasteiger partial charge in [0.1, 0.15) is 5.82 Å². The maximum absolute atomic E-state index is 12.3. The molecule has 24 heavy (non-hydrogen) atoms. The van der Waals surface area contributed by atoms with Crippen molar-refractivity contribution < 1.29 is 13.2 Å². The van der Waals surface area contributed by atoms with Gasteiger partial charge in [0.15, 0.2) is 0 Å². The second kappa shape index (κ2) is 6.52. The summed E-state index contributed by atoms with van der Waals surface area (Å²) in [6, 6.07) is 7.84. The van der Waals surface area contributed by atoms with Crippen molar-refractivity contribution in [1.82, 2.24) is 19.2 Å². The Morgan fingerprint density at radius 3 is 2.58 bits per heavy atom. The van der Waals surface area contributed by atoms with Crippen LogP contribution in [-0.4, -0.2) is 47.5 Å². The Morgan fingerprint density at radius 2 is 1.96 bits per heavy atom. The van der Waals surface area contributed by atoms with Gasteiger partial charge in [-0.3, -0.25) is 4.79 Å². The summed E-state index contributed by atoms with van der Waals surface area (Å²) < 4.78 is 26.4. The van der Waals surface area contributed by atoms with Crippen molar-refractivity contribution in [3.63, 3.8) is 0 Å². The number of amides is 1. The Bertz CT molecular complexity index is 851. The van der Waals surface area contributed by atoms with E-state index in [-0.39, 0.29) is 11.8 Å². The van der Waals surface area contributed by atoms with Gasteiger partial charge < -0.3 is 9.88 Å². The van der Waals surface area contributed by atoms with E-state index in [1.54, 1.807) is 0 Å². The third kappa shape index (κ3) is 3.44. The SMILES string of the molecule is Cn1c(CNC(=O)C2CCN(S(C)(=O)=O)CC2)nc2ccccc21. The van der Waals surface area contributed by atoms with Crippen molar-refractivity contribution in [2.45, 2.75) is 19.4 Å². The third-order valence-corrected chi connectivity index (χ3v) is 5.90. The lowest BCUT2D eigenvalue weighted by molar-refractivity contribution is -0.126. The zero-order chi connectivity index (χ0) is 17.3. The van der Waals surface area contributed by atoms with Crippen molar-refractivity contribution >= 4 is 27.0 Å². The van der Waals surface area contributed by atoms with Gasteiger partial charge in [-0.25, -0.2) is 17.7 Å². The Kier molecular flexibility index (Phi) is 4.60. The first-order valence-corrected chi connectivity index (χ1v) is 9.84. The average molecular weight is 350 g/mol. The Morgan fingerprint density at radius 1 is 1.29 bits per heavy atom. The van der Waals surface area contributed by atoms with E-state index in [4.69, 9.17) is 0 Å². The summed E-state index contributed by atoms with van der Waals surface area (Å²) in [6.45, 7) is 1.18. The van der Waals surface area contributed by atoms with Gasteiger partial charge in [-0.1, -0.05) is 12.1 Å². The lowest BCUT2D eigenvalue weighted by Crippen LogP contribution is -2.42. The summed E-state index contributed by atoms with van der Waals surface area (Å²) in [6.07, 6.45) is 2.32. The zero-order valence-electron chi connectivity index (χ0n) is 13.9. The van der Waals surface area contributed by atoms with E-state index in [9.17, 15) is 13.2 Å². The molecular formula is C16H22N4O3S. The Balaban J connectivity index is 1.59. The number of benzene rings is 1. The molecular weight excluding hydrogens is 328 g/mol. The molecule has 1 aliphatic heterocycles. The highest BCUT2D eigenvalue weighted by molar-refractivity contribution is 7.88. The Hall–Kier alpha value is -1.93. The van der Waals surface area contributed by atoms with E-state index in [1.807, 2.05) is 35.9 Å². The zero-order valence-corrected chi connectivity index (χ0v) is 14.7. The van der Waals surface area contributed by atoms with Crippen molar-refractivity contribution in [2.75, 3.05) is 19.3 Å². The fourth-order valence-corrected chi connectivity index (χ4v) is 3.99. The maximum atomic E-state index is 12.3. The number of piperidine rings is 1. The summed E-state index contributed by atoms with van der Waals surface area (Å²) in [4.78, 5) is 16.9. The van der Waals surface area contributed by atoms with Crippen LogP contribution >= 0.6 is 0 Å². The first-order chi connectivity index (χ1) is 11.4. The molecule has 130 valence electrons. The average Bonchev–Trinajstić information content (AvgIpc) is 2.88. The molecule has 1 N–H and O–H groups in total. The molecule has 0 atom stereocenters. The van der Waals surface area contributed by atoms with Crippen LogP contribution in [0.3, 0.4) is 0 Å². The molecule has 1 aromatic heterocycles. The molecule has 2 heterocycles. The smallest absolute Gasteiger partial charge is 0.223 e. The highest BCUT2D eigenvalue weighted by atomic mass is 32.2. The van der Waals surface area contributed by atoms with Crippen LogP contribution in [0.1, 0.15) is 18.7 Å². The summed E-state index contributed by atoms with van der Waals surface area (Å²) in [5.74, 6) is 0.631. The second-order valence-corrected chi connectivity index (χ2v) is 8.21. The summed E-state index contributed by atoms with van der Waals surface area (Å²) in [5, 5.41) is 2.93. The molecule has 8 heteroatoms. The molecule has 0 spiro atoms. The van der Waals surface area contributed by atoms with Crippen LogP contribution in [-0.2, 0) is 28.4 Å². The number of aromatic nitrogens is 2. The molecule has 1 amide bonds. The van der Waals surface area contributed by atoms with Crippen molar-refractivity contribution in [2.24, 2.45) is 13.0 Å². The number of para-hydroxylation sites is 2. The maximum Gasteiger partial charge on any atom is 0.223 e. The van der Waals surface area contributed by atoms with Crippen LogP contribution < -0.4 is 5.32 Å². The third-order valence-electron chi connectivity index (χ3n) is 4.59. The number of nitrogens with zero attached hydrogens (tertiary/aromatic N) is 3. The minimum atomic E-state index is -3.16. The molecule has 3 rings (SSSR count). The number of nitrogens with one attached hydrogen (secondary N) is 1. The van der Waals surface area contributed by atoms with Gasteiger partial charge in [-0.15, -0.1) is 0 Å². The molecule has 7 nitrogen and oxygen atoms in total. The molecule has 0 bridgehead atoms. The lowest BCUT2D eigenvalue weighted by Gasteiger charge is -2.29. The molecule has 1 aliphatic rings. The molecule has 1 fully saturated rings. The quantitative estimate of drug-likeness (QED) is 0.886. The number of hydrogen-bond acceptors (Lipinski definition) is 4. The van der Waals surface area contributed by atoms with Crippen LogP contribution in [0.4, 0.5) is 0 Å². The van der Waals surface area contributed by atoms with Gasteiger partial charge in [0, 0.05) is 26.1 Å². The minimum absolute atomic E-state index is 0.0322. The number of carbonyl (C=O) groups excluding carboxylic acids is 1. The van der Waals surface area contributed by atoms with Crippen LogP contribution in [0, 0.1) is 5.92 Å². The van der Waals surface area contributed by atoms with Crippen LogP contribution in [0.2, 0.25) is 0 Å². The van der Waals surface area contributed by atoms with Crippen LogP contribution in [0.15, 0.2) is 24.3 Å². The predicted molar refractivity (Wildman–Crippen MR) is 91.7 cm³/mol. The van der Waals surface area contributed by atoms with E-state index < -0.39 is 10.0 Å². The van der Waals surface area contributed by atoms with E-state index in [0.717, 1.165) is 16.9 Å². The lowest BCUT2D eigenvalue weighted by atomic mass is 9.97. The minimum Gasteiger partial charge on any atom is -0.349 e. The molecule has 0 aliphatic carbocycles. The monoisotopic (exact) mass is 350 g/mol. The number of imidazole rings is 1. The number of carbonyl (C=O) groups is 1. The largest absolute Gasteiger partial charge is 0.349 e. The summed E-state index contributed by atoms with van der Waals surface area (Å²) in [7, 11) is -1.23. The van der Waals surface area contributed by atoms with Crippen LogP contribution in [0.25, 0.3) is 11.0 Å². The predicted octanol–water partition coefficient (Wildman–Crippen LogP) is 0.861. The number of rotatable bonds is 4. The van der Waals surface area contributed by atoms with Gasteiger partial charge in [0.25, 0.3) is 0 Å². The summed E-state index contributed by atoms with van der Waals surface area (Å²) >= 11 is 0. The van der Waals surface area contributed by atoms with Gasteiger partial charge in [0.2, 0.25) is 15.9 Å². The topological polar surface area (TPSA) is 84.3 Å². The second-order valence-electron chi connectivity index (χ2n) is 6.23. The normalized spacial score (nSPS) is 17.2. The van der Waals surface area contributed by atoms with Crippen LogP contribution in [0.5, 0.6) is 0 Å². The molecule has 2 aromatic rings. The van der Waals surface area contributed by atoms with Gasteiger partial charge in [-0.2, -0.15) is 0 Å². The molecule has 0 saturated carbocycles. The molecule has 0 radical (unpaired) electrons. The first-order valence-electron chi connectivity index (χ1n) is 7.99. The number of fused-ring (bicyclic) bond motifs is 1. The van der Waals surface area contributed by atoms with Crippen molar-refractivity contribution in [3.05, 3.63) is 30.1 Å². The number of sulfonamides is 1. The van der Waals surface area contributed by atoms with Crippen molar-refractivity contribution in [1.29, 1.82) is 0 Å². The van der Waals surface area contributed by atoms with Gasteiger partial charge in [-0.05, 0) is 25.0 Å². The number of aryl methyl sites for hydroxylation is 1. The van der Waals surface area contributed by atoms with E-state index in [2.05, 4.69) is 10.3 Å².